The first-order valence-electron chi connectivity index (χ1n) is 8.69. The van der Waals surface area contributed by atoms with Crippen molar-refractivity contribution in [1.29, 1.82) is 0 Å². The van der Waals surface area contributed by atoms with Gasteiger partial charge in [0.05, 0.1) is 0 Å². The summed E-state index contributed by atoms with van der Waals surface area (Å²) in [7, 11) is 0. The molecule has 1 aromatic carbocycles. The molecule has 2 nitrogen and oxygen atoms in total. The average Bonchev–Trinajstić information content (AvgIpc) is 2.56. The van der Waals surface area contributed by atoms with Crippen LogP contribution < -0.4 is 5.73 Å². The maximum atomic E-state index is 6.31. The van der Waals surface area contributed by atoms with Gasteiger partial charge in [-0.25, -0.2) is 0 Å². The number of piperidine rings is 1. The minimum atomic E-state index is 0.258. The van der Waals surface area contributed by atoms with E-state index in [4.69, 9.17) is 17.3 Å². The van der Waals surface area contributed by atoms with Crippen molar-refractivity contribution in [1.82, 2.24) is 4.90 Å². The smallest absolute Gasteiger partial charge is 0.0363 e. The first kappa shape index (κ1) is 16.8. The number of hydrogen-bond acceptors (Lipinski definition) is 2. The lowest BCUT2D eigenvalue weighted by Crippen LogP contribution is -2.48. The molecule has 124 valence electrons. The van der Waals surface area contributed by atoms with E-state index in [0.29, 0.717) is 17.8 Å². The summed E-state index contributed by atoms with van der Waals surface area (Å²) in [5, 5.41) is 0.871. The van der Waals surface area contributed by atoms with Crippen LogP contribution in [0.3, 0.4) is 0 Å². The van der Waals surface area contributed by atoms with Crippen LogP contribution in [-0.2, 0) is 6.54 Å². The highest BCUT2D eigenvalue weighted by molar-refractivity contribution is 6.31. The Morgan fingerprint density at radius 1 is 1.30 bits per heavy atom. The summed E-state index contributed by atoms with van der Waals surface area (Å²) in [5.74, 6) is 1.78. The van der Waals surface area contributed by atoms with Crippen LogP contribution in [0.15, 0.2) is 53.6 Å². The van der Waals surface area contributed by atoms with Crippen molar-refractivity contribution in [3.8, 4) is 0 Å². The first-order chi connectivity index (χ1) is 11.1. The van der Waals surface area contributed by atoms with Crippen molar-refractivity contribution in [2.24, 2.45) is 23.5 Å². The molecule has 1 aliphatic heterocycles. The van der Waals surface area contributed by atoms with Crippen LogP contribution in [0, 0.1) is 17.8 Å². The molecule has 23 heavy (non-hydrogen) atoms. The first-order valence-corrected chi connectivity index (χ1v) is 9.07. The molecule has 3 heteroatoms. The average molecular weight is 331 g/mol. The molecule has 2 N–H and O–H groups in total. The third-order valence-electron chi connectivity index (χ3n) is 5.36. The number of halogens is 1. The Kier molecular flexibility index (Phi) is 5.58. The van der Waals surface area contributed by atoms with Crippen LogP contribution in [0.5, 0.6) is 0 Å². The maximum absolute atomic E-state index is 6.31. The zero-order valence-corrected chi connectivity index (χ0v) is 14.6. The third kappa shape index (κ3) is 4.26. The lowest BCUT2D eigenvalue weighted by atomic mass is 9.72. The van der Waals surface area contributed by atoms with Crippen molar-refractivity contribution >= 4 is 11.6 Å². The molecule has 2 aliphatic rings. The van der Waals surface area contributed by atoms with Crippen molar-refractivity contribution in [3.05, 3.63) is 59.2 Å². The Hall–Kier alpha value is -1.09. The molecule has 4 atom stereocenters. The molecule has 1 saturated heterocycles. The molecule has 0 spiro atoms. The second kappa shape index (κ2) is 7.65. The Morgan fingerprint density at radius 3 is 2.74 bits per heavy atom. The monoisotopic (exact) mass is 330 g/mol. The normalized spacial score (nSPS) is 30.0. The second-order valence-corrected chi connectivity index (χ2v) is 7.48. The highest BCUT2D eigenvalue weighted by Gasteiger charge is 2.35. The van der Waals surface area contributed by atoms with Gasteiger partial charge in [0, 0.05) is 24.2 Å². The van der Waals surface area contributed by atoms with E-state index in [1.165, 1.54) is 12.0 Å². The van der Waals surface area contributed by atoms with Gasteiger partial charge in [-0.15, -0.1) is 0 Å². The molecule has 0 aromatic heterocycles. The summed E-state index contributed by atoms with van der Waals surface area (Å²) >= 11 is 6.09. The zero-order chi connectivity index (χ0) is 16.2. The van der Waals surface area contributed by atoms with Gasteiger partial charge in [0.2, 0.25) is 0 Å². The summed E-state index contributed by atoms with van der Waals surface area (Å²) in [6.45, 7) is 5.47. The number of benzene rings is 1. The molecule has 3 rings (SSSR count). The van der Waals surface area contributed by atoms with E-state index in [1.807, 2.05) is 0 Å². The Labute approximate surface area is 145 Å². The number of allylic oxidation sites excluding steroid dienone is 4. The fourth-order valence-electron chi connectivity index (χ4n) is 4.09. The fraction of sp³-hybridized carbons (Fsp3) is 0.500. The van der Waals surface area contributed by atoms with E-state index >= 15 is 0 Å². The molecule has 1 aliphatic carbocycles. The minimum Gasteiger partial charge on any atom is -0.328 e. The van der Waals surface area contributed by atoms with Gasteiger partial charge in [0.15, 0.2) is 0 Å². The van der Waals surface area contributed by atoms with Crippen LogP contribution in [0.4, 0.5) is 0 Å². The summed E-state index contributed by atoms with van der Waals surface area (Å²) < 4.78 is 0. The molecule has 1 fully saturated rings. The Morgan fingerprint density at radius 2 is 2.09 bits per heavy atom. The largest absolute Gasteiger partial charge is 0.328 e. The van der Waals surface area contributed by atoms with Gasteiger partial charge in [0.1, 0.15) is 0 Å². The van der Waals surface area contributed by atoms with Crippen LogP contribution >= 0.6 is 11.6 Å². The van der Waals surface area contributed by atoms with Gasteiger partial charge >= 0.3 is 0 Å². The zero-order valence-electron chi connectivity index (χ0n) is 13.9. The van der Waals surface area contributed by atoms with Gasteiger partial charge in [-0.3, -0.25) is 4.90 Å². The quantitative estimate of drug-likeness (QED) is 0.897. The van der Waals surface area contributed by atoms with Gasteiger partial charge in [-0.05, 0) is 55.7 Å². The lowest BCUT2D eigenvalue weighted by molar-refractivity contribution is 0.0758. The number of nitrogens with two attached hydrogens (primary N) is 1. The van der Waals surface area contributed by atoms with E-state index in [0.717, 1.165) is 31.1 Å². The molecular weight excluding hydrogens is 304 g/mol. The Balaban J connectivity index is 1.70. The predicted molar refractivity (Wildman–Crippen MR) is 98.1 cm³/mol. The van der Waals surface area contributed by atoms with Crippen molar-refractivity contribution < 1.29 is 0 Å². The summed E-state index contributed by atoms with van der Waals surface area (Å²) in [5.41, 5.74) is 7.70. The number of hydrogen-bond donors (Lipinski definition) is 1. The highest BCUT2D eigenvalue weighted by atomic mass is 35.5. The molecular formula is C20H27ClN2. The Bertz CT molecular complexity index is 564. The van der Waals surface area contributed by atoms with E-state index in [9.17, 15) is 0 Å². The summed E-state index contributed by atoms with van der Waals surface area (Å²) in [4.78, 5) is 2.59. The van der Waals surface area contributed by atoms with Gasteiger partial charge in [-0.1, -0.05) is 54.1 Å². The highest BCUT2D eigenvalue weighted by Crippen LogP contribution is 2.36. The lowest BCUT2D eigenvalue weighted by Gasteiger charge is -2.43. The number of rotatable bonds is 4. The summed E-state index contributed by atoms with van der Waals surface area (Å²) in [6, 6.07) is 11.0. The van der Waals surface area contributed by atoms with Gasteiger partial charge in [-0.2, -0.15) is 0 Å². The third-order valence-corrected chi connectivity index (χ3v) is 5.64. The SMILES string of the molecule is CC(N)[C@H]1CCN(Cc2ccccc2)CC1[C@@H]1C=CC(Cl)=CC1. The van der Waals surface area contributed by atoms with Crippen LogP contribution in [0.1, 0.15) is 25.3 Å². The summed E-state index contributed by atoms with van der Waals surface area (Å²) in [6.07, 6.45) is 8.75. The van der Waals surface area contributed by atoms with E-state index in [2.05, 4.69) is 60.4 Å². The molecule has 0 amide bonds. The topological polar surface area (TPSA) is 29.3 Å². The molecule has 2 unspecified atom stereocenters. The van der Waals surface area contributed by atoms with E-state index in [1.54, 1.807) is 0 Å². The fourth-order valence-corrected chi connectivity index (χ4v) is 4.25. The molecule has 1 heterocycles. The maximum Gasteiger partial charge on any atom is 0.0363 e. The van der Waals surface area contributed by atoms with Crippen molar-refractivity contribution in [2.45, 2.75) is 32.4 Å². The molecule has 0 bridgehead atoms. The van der Waals surface area contributed by atoms with Crippen LogP contribution in [0.2, 0.25) is 0 Å². The number of likely N-dealkylation sites (tertiary alicyclic amines) is 1. The van der Waals surface area contributed by atoms with Crippen LogP contribution in [0.25, 0.3) is 0 Å². The van der Waals surface area contributed by atoms with Gasteiger partial charge < -0.3 is 5.73 Å². The molecule has 1 aromatic rings. The second-order valence-electron chi connectivity index (χ2n) is 7.04. The molecule has 0 saturated carbocycles. The van der Waals surface area contributed by atoms with Crippen LogP contribution in [-0.4, -0.2) is 24.0 Å². The van der Waals surface area contributed by atoms with Crippen molar-refractivity contribution in [2.75, 3.05) is 13.1 Å². The standard InChI is InChI=1S/C20H27ClN2/c1-15(22)19-11-12-23(13-16-5-3-2-4-6-16)14-20(19)17-7-9-18(21)10-8-17/h2-7,9-10,15,17,19-20H,8,11-14,22H2,1H3/t15?,17-,19-,20?/m1/s1. The molecule has 0 radical (unpaired) electrons. The van der Waals surface area contributed by atoms with Gasteiger partial charge in [0.25, 0.3) is 0 Å². The van der Waals surface area contributed by atoms with E-state index in [-0.39, 0.29) is 6.04 Å². The number of nitrogens with zero attached hydrogens (tertiary/aromatic N) is 1. The van der Waals surface area contributed by atoms with E-state index < -0.39 is 0 Å². The predicted octanol–water partition coefficient (Wildman–Crippen LogP) is 4.17. The van der Waals surface area contributed by atoms with Crippen molar-refractivity contribution in [3.63, 3.8) is 0 Å². The minimum absolute atomic E-state index is 0.258.